The number of aromatic amines is 1. The Labute approximate surface area is 160 Å². The largest absolute Gasteiger partial charge is 0.496 e. The van der Waals surface area contributed by atoms with Gasteiger partial charge in [0.25, 0.3) is 11.8 Å². The van der Waals surface area contributed by atoms with Crippen LogP contribution < -0.4 is 4.74 Å². The minimum absolute atomic E-state index is 0.0124. The number of carbonyl (C=O) groups excluding carboxylic acids is 2. The summed E-state index contributed by atoms with van der Waals surface area (Å²) in [6.07, 6.45) is 2.52. The van der Waals surface area contributed by atoms with Crippen LogP contribution in [0.3, 0.4) is 0 Å². The van der Waals surface area contributed by atoms with Crippen LogP contribution in [0.4, 0.5) is 0 Å². The first-order valence-corrected chi connectivity index (χ1v) is 9.30. The molecule has 2 aromatic rings. The van der Waals surface area contributed by atoms with Crippen molar-refractivity contribution in [1.82, 2.24) is 14.8 Å². The van der Waals surface area contributed by atoms with Gasteiger partial charge in [-0.2, -0.15) is 0 Å². The normalized spacial score (nSPS) is 14.8. The van der Waals surface area contributed by atoms with Gasteiger partial charge in [-0.25, -0.2) is 0 Å². The van der Waals surface area contributed by atoms with Gasteiger partial charge in [0, 0.05) is 37.9 Å². The van der Waals surface area contributed by atoms with Gasteiger partial charge in [-0.15, -0.1) is 0 Å². The molecule has 6 heteroatoms. The van der Waals surface area contributed by atoms with Gasteiger partial charge in [-0.05, 0) is 62.1 Å². The van der Waals surface area contributed by atoms with Gasteiger partial charge >= 0.3 is 0 Å². The Morgan fingerprint density at radius 3 is 2.26 bits per heavy atom. The zero-order valence-electron chi connectivity index (χ0n) is 16.5. The molecule has 27 heavy (non-hydrogen) atoms. The van der Waals surface area contributed by atoms with Crippen LogP contribution in [-0.2, 0) is 0 Å². The zero-order chi connectivity index (χ0) is 19.6. The van der Waals surface area contributed by atoms with Crippen molar-refractivity contribution in [3.05, 3.63) is 52.3 Å². The lowest BCUT2D eigenvalue weighted by molar-refractivity contribution is 0.0715. The number of nitrogens with one attached hydrogen (secondary N) is 1. The van der Waals surface area contributed by atoms with E-state index in [4.69, 9.17) is 4.74 Å². The van der Waals surface area contributed by atoms with Crippen molar-refractivity contribution < 1.29 is 14.3 Å². The number of ether oxygens (including phenoxy) is 1. The van der Waals surface area contributed by atoms with Crippen molar-refractivity contribution in [3.63, 3.8) is 0 Å². The summed E-state index contributed by atoms with van der Waals surface area (Å²) in [5, 5.41) is 0. The standard InChI is InChI=1S/C21H27N3O3/c1-14-13-17(15(2)16(3)19(14)27-4)20(25)23-9-6-10-24(12-11-23)21(26)18-7-5-8-22-18/h5,7-8,13,22H,6,9-12H2,1-4H3. The molecule has 0 saturated carbocycles. The van der Waals surface area contributed by atoms with Crippen molar-refractivity contribution in [2.75, 3.05) is 33.3 Å². The molecular weight excluding hydrogens is 342 g/mol. The smallest absolute Gasteiger partial charge is 0.270 e. The summed E-state index contributed by atoms with van der Waals surface area (Å²) in [7, 11) is 1.65. The number of aryl methyl sites for hydroxylation is 1. The first-order valence-electron chi connectivity index (χ1n) is 9.30. The molecule has 144 valence electrons. The molecule has 0 radical (unpaired) electrons. The highest BCUT2D eigenvalue weighted by atomic mass is 16.5. The number of carbonyl (C=O) groups is 2. The van der Waals surface area contributed by atoms with Crippen LogP contribution in [0.15, 0.2) is 24.4 Å². The Kier molecular flexibility index (Phi) is 5.54. The summed E-state index contributed by atoms with van der Waals surface area (Å²) in [6, 6.07) is 5.51. The number of rotatable bonds is 3. The van der Waals surface area contributed by atoms with Crippen LogP contribution in [0.1, 0.15) is 44.0 Å². The van der Waals surface area contributed by atoms with Gasteiger partial charge in [0.15, 0.2) is 0 Å². The Morgan fingerprint density at radius 2 is 1.67 bits per heavy atom. The molecule has 0 spiro atoms. The number of methoxy groups -OCH3 is 1. The third-order valence-corrected chi connectivity index (χ3v) is 5.36. The molecule has 2 heterocycles. The molecule has 0 unspecified atom stereocenters. The Morgan fingerprint density at radius 1 is 1.00 bits per heavy atom. The minimum atomic E-state index is -0.0124. The molecule has 6 nitrogen and oxygen atoms in total. The molecule has 1 aliphatic heterocycles. The van der Waals surface area contributed by atoms with Crippen LogP contribution in [0, 0.1) is 20.8 Å². The predicted molar refractivity (Wildman–Crippen MR) is 104 cm³/mol. The third kappa shape index (κ3) is 3.70. The molecule has 1 saturated heterocycles. The van der Waals surface area contributed by atoms with Crippen LogP contribution in [0.25, 0.3) is 0 Å². The SMILES string of the molecule is COc1c(C)cc(C(=O)N2CCCN(C(=O)c3ccc[nH]3)CC2)c(C)c1C. The van der Waals surface area contributed by atoms with Crippen LogP contribution >= 0.6 is 0 Å². The molecule has 0 bridgehead atoms. The van der Waals surface area contributed by atoms with Crippen molar-refractivity contribution >= 4 is 11.8 Å². The maximum absolute atomic E-state index is 13.2. The third-order valence-electron chi connectivity index (χ3n) is 5.36. The van der Waals surface area contributed by atoms with E-state index in [1.807, 2.05) is 42.7 Å². The van der Waals surface area contributed by atoms with Crippen molar-refractivity contribution in [3.8, 4) is 5.75 Å². The molecule has 0 aliphatic carbocycles. The lowest BCUT2D eigenvalue weighted by Crippen LogP contribution is -2.37. The van der Waals surface area contributed by atoms with E-state index in [9.17, 15) is 9.59 Å². The lowest BCUT2D eigenvalue weighted by Gasteiger charge is -2.24. The maximum Gasteiger partial charge on any atom is 0.270 e. The second-order valence-electron chi connectivity index (χ2n) is 7.05. The van der Waals surface area contributed by atoms with Gasteiger partial charge in [0.05, 0.1) is 7.11 Å². The van der Waals surface area contributed by atoms with E-state index in [2.05, 4.69) is 4.98 Å². The predicted octanol–water partition coefficient (Wildman–Crippen LogP) is 2.94. The number of hydrogen-bond donors (Lipinski definition) is 1. The summed E-state index contributed by atoms with van der Waals surface area (Å²) < 4.78 is 5.46. The fraction of sp³-hybridized carbons (Fsp3) is 0.429. The number of benzene rings is 1. The molecule has 1 fully saturated rings. The summed E-state index contributed by atoms with van der Waals surface area (Å²) in [5.74, 6) is 0.847. The van der Waals surface area contributed by atoms with Gasteiger partial charge in [0.2, 0.25) is 0 Å². The van der Waals surface area contributed by atoms with Crippen molar-refractivity contribution in [1.29, 1.82) is 0 Å². The summed E-state index contributed by atoms with van der Waals surface area (Å²) >= 11 is 0. The van der Waals surface area contributed by atoms with E-state index < -0.39 is 0 Å². The average Bonchev–Trinajstić information content (AvgIpc) is 3.08. The monoisotopic (exact) mass is 369 g/mol. The van der Waals surface area contributed by atoms with E-state index in [0.29, 0.717) is 31.9 Å². The number of H-pyrrole nitrogens is 1. The molecular formula is C21H27N3O3. The first kappa shape index (κ1) is 19.0. The minimum Gasteiger partial charge on any atom is -0.496 e. The molecule has 1 aromatic heterocycles. The number of aromatic nitrogens is 1. The van der Waals surface area contributed by atoms with Crippen LogP contribution in [0.5, 0.6) is 5.75 Å². The number of nitrogens with zero attached hydrogens (tertiary/aromatic N) is 2. The fourth-order valence-corrected chi connectivity index (χ4v) is 3.72. The van der Waals surface area contributed by atoms with Crippen molar-refractivity contribution in [2.24, 2.45) is 0 Å². The molecule has 1 aliphatic rings. The van der Waals surface area contributed by atoms with E-state index in [0.717, 1.165) is 34.4 Å². The highest BCUT2D eigenvalue weighted by Crippen LogP contribution is 2.29. The van der Waals surface area contributed by atoms with Gasteiger partial charge in [-0.1, -0.05) is 0 Å². The van der Waals surface area contributed by atoms with Crippen LogP contribution in [0.2, 0.25) is 0 Å². The number of amides is 2. The Balaban J connectivity index is 1.76. The quantitative estimate of drug-likeness (QED) is 0.905. The summed E-state index contributed by atoms with van der Waals surface area (Å²) in [6.45, 7) is 8.28. The Bertz CT molecular complexity index is 843. The number of hydrogen-bond acceptors (Lipinski definition) is 3. The van der Waals surface area contributed by atoms with Crippen molar-refractivity contribution in [2.45, 2.75) is 27.2 Å². The topological polar surface area (TPSA) is 65.6 Å². The fourth-order valence-electron chi connectivity index (χ4n) is 3.72. The maximum atomic E-state index is 13.2. The highest BCUT2D eigenvalue weighted by Gasteiger charge is 2.25. The zero-order valence-corrected chi connectivity index (χ0v) is 16.5. The van der Waals surface area contributed by atoms with E-state index >= 15 is 0 Å². The van der Waals surface area contributed by atoms with Gasteiger partial charge in [-0.3, -0.25) is 9.59 Å². The van der Waals surface area contributed by atoms with Gasteiger partial charge in [0.1, 0.15) is 11.4 Å². The van der Waals surface area contributed by atoms with E-state index in [1.165, 1.54) is 0 Å². The molecule has 1 N–H and O–H groups in total. The second kappa shape index (κ2) is 7.86. The molecule has 0 atom stereocenters. The second-order valence-corrected chi connectivity index (χ2v) is 7.05. The highest BCUT2D eigenvalue weighted by molar-refractivity contribution is 5.97. The van der Waals surface area contributed by atoms with Crippen LogP contribution in [-0.4, -0.2) is 59.9 Å². The van der Waals surface area contributed by atoms with Gasteiger partial charge < -0.3 is 19.5 Å². The lowest BCUT2D eigenvalue weighted by atomic mass is 9.97. The molecule has 3 rings (SSSR count). The van der Waals surface area contributed by atoms with E-state index in [1.54, 1.807) is 19.4 Å². The van der Waals surface area contributed by atoms with E-state index in [-0.39, 0.29) is 11.8 Å². The summed E-state index contributed by atoms with van der Waals surface area (Å²) in [5.41, 5.74) is 4.22. The average molecular weight is 369 g/mol. The Hall–Kier alpha value is -2.76. The molecule has 1 aromatic carbocycles. The summed E-state index contributed by atoms with van der Waals surface area (Å²) in [4.78, 5) is 32.3. The molecule has 2 amide bonds. The first-order chi connectivity index (χ1) is 12.9.